The van der Waals surface area contributed by atoms with Gasteiger partial charge in [-0.3, -0.25) is 4.79 Å². The highest BCUT2D eigenvalue weighted by atomic mass is 32.1. The van der Waals surface area contributed by atoms with Crippen LogP contribution in [0.3, 0.4) is 0 Å². The number of anilines is 2. The molecule has 0 aliphatic rings. The fourth-order valence-electron chi connectivity index (χ4n) is 2.49. The third-order valence-electron chi connectivity index (χ3n) is 3.73. The highest BCUT2D eigenvalue weighted by molar-refractivity contribution is 7.16. The van der Waals surface area contributed by atoms with Crippen molar-refractivity contribution >= 4 is 22.2 Å². The van der Waals surface area contributed by atoms with Crippen LogP contribution < -0.4 is 16.6 Å². The van der Waals surface area contributed by atoms with Crippen molar-refractivity contribution in [2.75, 3.05) is 17.6 Å². The van der Waals surface area contributed by atoms with Gasteiger partial charge in [0.1, 0.15) is 0 Å². The number of nitrogens with two attached hydrogens (primary N) is 1. The molecule has 0 aliphatic heterocycles. The van der Waals surface area contributed by atoms with E-state index in [9.17, 15) is 4.79 Å². The molecule has 126 valence electrons. The number of aryl methyl sites for hydroxylation is 2. The lowest BCUT2D eigenvalue weighted by Gasteiger charge is -2.09. The number of hydrogen-bond donors (Lipinski definition) is 3. The molecule has 0 atom stereocenters. The summed E-state index contributed by atoms with van der Waals surface area (Å²) >= 11 is 1.69. The van der Waals surface area contributed by atoms with Crippen molar-refractivity contribution in [3.05, 3.63) is 27.0 Å². The van der Waals surface area contributed by atoms with Crippen molar-refractivity contribution in [3.8, 4) is 11.3 Å². The molecular weight excluding hydrogens is 308 g/mol. The lowest BCUT2D eigenvalue weighted by atomic mass is 10.0. The third-order valence-corrected chi connectivity index (χ3v) is 4.89. The molecule has 2 heterocycles. The molecular formula is C17H26N4OS. The molecule has 2 rings (SSSR count). The fraction of sp³-hybridized carbons (Fsp3) is 0.529. The standard InChI is InChI=1S/C17H26N4OS/c1-4-7-9-19-17-21-15(14(6-3)23-17)11-10-12(18)16(22)20-13(11)8-5-2/h10H,4-9,18H2,1-3H3,(H,19,21)(H,20,22). The summed E-state index contributed by atoms with van der Waals surface area (Å²) in [7, 11) is 0. The maximum atomic E-state index is 11.8. The number of aromatic amines is 1. The number of aromatic nitrogens is 2. The predicted molar refractivity (Wildman–Crippen MR) is 99.4 cm³/mol. The van der Waals surface area contributed by atoms with Gasteiger partial charge in [-0.15, -0.1) is 11.3 Å². The van der Waals surface area contributed by atoms with Crippen LogP contribution in [0, 0.1) is 0 Å². The second-order valence-corrected chi connectivity index (χ2v) is 6.70. The number of thiazole rings is 1. The van der Waals surface area contributed by atoms with Gasteiger partial charge < -0.3 is 16.0 Å². The smallest absolute Gasteiger partial charge is 0.271 e. The molecule has 6 heteroatoms. The minimum absolute atomic E-state index is 0.216. The Morgan fingerprint density at radius 1 is 1.30 bits per heavy atom. The van der Waals surface area contributed by atoms with E-state index in [2.05, 4.69) is 31.1 Å². The highest BCUT2D eigenvalue weighted by Crippen LogP contribution is 2.33. The quantitative estimate of drug-likeness (QED) is 0.641. The monoisotopic (exact) mass is 334 g/mol. The summed E-state index contributed by atoms with van der Waals surface area (Å²) in [5.74, 6) is 0. The zero-order valence-corrected chi connectivity index (χ0v) is 15.0. The Morgan fingerprint density at radius 3 is 2.74 bits per heavy atom. The average molecular weight is 334 g/mol. The molecule has 0 spiro atoms. The minimum atomic E-state index is -0.216. The first-order chi connectivity index (χ1) is 11.1. The van der Waals surface area contributed by atoms with Crippen LogP contribution in [-0.2, 0) is 12.8 Å². The number of H-pyrrole nitrogens is 1. The molecule has 0 saturated carbocycles. The summed E-state index contributed by atoms with van der Waals surface area (Å²) in [6.45, 7) is 7.33. The van der Waals surface area contributed by atoms with E-state index in [-0.39, 0.29) is 11.2 Å². The van der Waals surface area contributed by atoms with Crippen molar-refractivity contribution in [2.24, 2.45) is 0 Å². The summed E-state index contributed by atoms with van der Waals surface area (Å²) < 4.78 is 0. The number of nitrogens with one attached hydrogen (secondary N) is 2. The number of pyridine rings is 1. The van der Waals surface area contributed by atoms with Gasteiger partial charge >= 0.3 is 0 Å². The molecule has 0 unspecified atom stereocenters. The maximum Gasteiger partial charge on any atom is 0.271 e. The summed E-state index contributed by atoms with van der Waals surface area (Å²) in [5.41, 5.74) is 8.69. The van der Waals surface area contributed by atoms with Gasteiger partial charge in [0.2, 0.25) is 0 Å². The molecule has 2 aromatic rings. The third kappa shape index (κ3) is 4.13. The Hall–Kier alpha value is -1.82. The first-order valence-corrected chi connectivity index (χ1v) is 9.17. The molecule has 4 N–H and O–H groups in total. The molecule has 0 aliphatic carbocycles. The van der Waals surface area contributed by atoms with Gasteiger partial charge in [-0.25, -0.2) is 4.98 Å². The van der Waals surface area contributed by atoms with E-state index in [0.29, 0.717) is 0 Å². The Labute approximate surface area is 141 Å². The largest absolute Gasteiger partial charge is 0.394 e. The van der Waals surface area contributed by atoms with E-state index in [1.54, 1.807) is 17.4 Å². The normalized spacial score (nSPS) is 10.9. The average Bonchev–Trinajstić information content (AvgIpc) is 2.94. The summed E-state index contributed by atoms with van der Waals surface area (Å²) in [4.78, 5) is 20.7. The second kappa shape index (κ2) is 8.15. The van der Waals surface area contributed by atoms with E-state index in [0.717, 1.165) is 60.7 Å². The SMILES string of the molecule is CCCCNc1nc(-c2cc(N)c(=O)[nH]c2CCC)c(CC)s1. The van der Waals surface area contributed by atoms with Gasteiger partial charge in [0.15, 0.2) is 5.13 Å². The van der Waals surface area contributed by atoms with Crippen LogP contribution in [0.15, 0.2) is 10.9 Å². The zero-order valence-electron chi connectivity index (χ0n) is 14.2. The van der Waals surface area contributed by atoms with Crippen LogP contribution in [0.5, 0.6) is 0 Å². The predicted octanol–water partition coefficient (Wildman–Crippen LogP) is 3.81. The molecule has 0 bridgehead atoms. The van der Waals surface area contributed by atoms with E-state index >= 15 is 0 Å². The van der Waals surface area contributed by atoms with E-state index in [1.165, 1.54) is 4.88 Å². The summed E-state index contributed by atoms with van der Waals surface area (Å²) in [6.07, 6.45) is 4.96. The fourth-order valence-corrected chi connectivity index (χ4v) is 3.43. The van der Waals surface area contributed by atoms with Crippen LogP contribution in [0.2, 0.25) is 0 Å². The Morgan fingerprint density at radius 2 is 2.09 bits per heavy atom. The van der Waals surface area contributed by atoms with Crippen molar-refractivity contribution < 1.29 is 0 Å². The van der Waals surface area contributed by atoms with E-state index < -0.39 is 0 Å². The molecule has 5 nitrogen and oxygen atoms in total. The number of nitrogen functional groups attached to an aromatic ring is 1. The molecule has 0 radical (unpaired) electrons. The summed E-state index contributed by atoms with van der Waals surface area (Å²) in [5, 5.41) is 4.33. The summed E-state index contributed by atoms with van der Waals surface area (Å²) in [6, 6.07) is 1.77. The molecule has 0 fully saturated rings. The maximum absolute atomic E-state index is 11.8. The first kappa shape index (κ1) is 17.5. The second-order valence-electron chi connectivity index (χ2n) is 5.62. The van der Waals surface area contributed by atoms with Crippen molar-refractivity contribution in [2.45, 2.75) is 52.9 Å². The van der Waals surface area contributed by atoms with Crippen molar-refractivity contribution in [1.29, 1.82) is 0 Å². The van der Waals surface area contributed by atoms with Crippen LogP contribution >= 0.6 is 11.3 Å². The van der Waals surface area contributed by atoms with E-state index in [4.69, 9.17) is 10.7 Å². The van der Waals surface area contributed by atoms with Crippen LogP contribution in [-0.4, -0.2) is 16.5 Å². The van der Waals surface area contributed by atoms with E-state index in [1.807, 2.05) is 0 Å². The number of hydrogen-bond acceptors (Lipinski definition) is 5. The number of nitrogens with zero attached hydrogens (tertiary/aromatic N) is 1. The van der Waals surface area contributed by atoms with Gasteiger partial charge in [0.25, 0.3) is 5.56 Å². The molecule has 0 aromatic carbocycles. The van der Waals surface area contributed by atoms with Gasteiger partial charge in [0.05, 0.1) is 11.4 Å². The zero-order chi connectivity index (χ0) is 16.8. The Bertz CT molecular complexity index is 705. The van der Waals surface area contributed by atoms with Gasteiger partial charge in [-0.05, 0) is 25.3 Å². The molecule has 0 amide bonds. The van der Waals surface area contributed by atoms with Crippen LogP contribution in [0.1, 0.15) is 50.6 Å². The Kier molecular flexibility index (Phi) is 6.21. The topological polar surface area (TPSA) is 83.8 Å². The van der Waals surface area contributed by atoms with Crippen molar-refractivity contribution in [1.82, 2.24) is 9.97 Å². The number of rotatable bonds is 8. The van der Waals surface area contributed by atoms with Gasteiger partial charge in [-0.1, -0.05) is 33.6 Å². The lowest BCUT2D eigenvalue weighted by Crippen LogP contribution is -2.15. The van der Waals surface area contributed by atoms with Gasteiger partial charge in [-0.2, -0.15) is 0 Å². The lowest BCUT2D eigenvalue weighted by molar-refractivity contribution is 0.833. The van der Waals surface area contributed by atoms with Crippen molar-refractivity contribution in [3.63, 3.8) is 0 Å². The highest BCUT2D eigenvalue weighted by Gasteiger charge is 2.16. The van der Waals surface area contributed by atoms with Crippen LogP contribution in [0.25, 0.3) is 11.3 Å². The van der Waals surface area contributed by atoms with Crippen LogP contribution in [0.4, 0.5) is 10.8 Å². The number of unbranched alkanes of at least 4 members (excludes halogenated alkanes) is 1. The first-order valence-electron chi connectivity index (χ1n) is 8.36. The minimum Gasteiger partial charge on any atom is -0.394 e. The molecule has 23 heavy (non-hydrogen) atoms. The molecule has 2 aromatic heterocycles. The molecule has 0 saturated heterocycles. The Balaban J connectivity index is 2.44. The van der Waals surface area contributed by atoms with Gasteiger partial charge in [0, 0.05) is 22.7 Å².